The average Bonchev–Trinajstić information content (AvgIpc) is 2.31. The number of rotatable bonds is 4. The molecule has 1 unspecified atom stereocenters. The maximum Gasteiger partial charge on any atom is 0.187 e. The van der Waals surface area contributed by atoms with Crippen LogP contribution >= 0.6 is 7.60 Å². The first-order valence-electron chi connectivity index (χ1n) is 6.43. The number of piperidine rings is 1. The van der Waals surface area contributed by atoms with Crippen LogP contribution in [-0.2, 0) is 11.0 Å². The summed E-state index contributed by atoms with van der Waals surface area (Å²) in [7, 11) is -4.11. The molecule has 1 aromatic rings. The van der Waals surface area contributed by atoms with Crippen molar-refractivity contribution in [2.75, 3.05) is 19.4 Å². The van der Waals surface area contributed by atoms with Gasteiger partial charge in [-0.05, 0) is 30.7 Å². The summed E-state index contributed by atoms with van der Waals surface area (Å²) in [6.07, 6.45) is 3.02. The molecule has 4 nitrogen and oxygen atoms in total. The van der Waals surface area contributed by atoms with Crippen molar-refractivity contribution in [2.45, 2.75) is 19.3 Å². The molecule has 1 fully saturated rings. The third-order valence-corrected chi connectivity index (χ3v) is 4.45. The number of nitrogens with one attached hydrogen (secondary N) is 1. The monoisotopic (exact) mass is 269 g/mol. The first-order chi connectivity index (χ1) is 8.53. The third-order valence-electron chi connectivity index (χ3n) is 3.60. The van der Waals surface area contributed by atoms with E-state index in [1.54, 1.807) is 0 Å². The zero-order valence-electron chi connectivity index (χ0n) is 10.4. The molecule has 2 N–H and O–H groups in total. The highest BCUT2D eigenvalue weighted by molar-refractivity contribution is 7.49. The van der Waals surface area contributed by atoms with Crippen molar-refractivity contribution in [1.82, 2.24) is 0 Å². The van der Waals surface area contributed by atoms with Gasteiger partial charge in [-0.3, -0.25) is 0 Å². The van der Waals surface area contributed by atoms with E-state index in [0.717, 1.165) is 37.3 Å². The van der Waals surface area contributed by atoms with Gasteiger partial charge in [0.05, 0.1) is 13.1 Å². The second-order valence-corrected chi connectivity index (χ2v) is 6.77. The maximum atomic E-state index is 10.8. The minimum absolute atomic E-state index is 0.120. The summed E-state index contributed by atoms with van der Waals surface area (Å²) in [5.41, 5.74) is 1.35. The fraction of sp³-hybridized carbons (Fsp3) is 0.538. The topological polar surface area (TPSA) is 64.8 Å². The molecular formula is C13H20NO3P. The first-order valence-corrected chi connectivity index (χ1v) is 8.19. The molecule has 0 radical (unpaired) electrons. The maximum absolute atomic E-state index is 10.8. The zero-order chi connectivity index (χ0) is 13.0. The molecule has 1 aliphatic rings. The summed E-state index contributed by atoms with van der Waals surface area (Å²) < 4.78 is 10.8. The van der Waals surface area contributed by atoms with Gasteiger partial charge < -0.3 is 19.3 Å². The largest absolute Gasteiger partial charge is 0.775 e. The molecule has 1 heterocycles. The van der Waals surface area contributed by atoms with Gasteiger partial charge in [0.25, 0.3) is 0 Å². The van der Waals surface area contributed by atoms with Gasteiger partial charge in [-0.2, -0.15) is 0 Å². The van der Waals surface area contributed by atoms with E-state index < -0.39 is 7.60 Å². The second-order valence-electron chi connectivity index (χ2n) is 5.18. The Morgan fingerprint density at radius 3 is 2.44 bits per heavy atom. The molecule has 1 aliphatic heterocycles. The summed E-state index contributed by atoms with van der Waals surface area (Å²) in [6, 6.07) is 10.4. The Morgan fingerprint density at radius 2 is 1.89 bits per heavy atom. The highest BCUT2D eigenvalue weighted by Gasteiger charge is 2.24. The van der Waals surface area contributed by atoms with Crippen molar-refractivity contribution in [1.29, 1.82) is 0 Å². The quantitative estimate of drug-likeness (QED) is 0.758. The predicted octanol–water partition coefficient (Wildman–Crippen LogP) is 0.0272. The Bertz CT molecular complexity index is 410. The molecule has 5 heteroatoms. The summed E-state index contributed by atoms with van der Waals surface area (Å²) in [4.78, 5) is 20.7. The minimum Gasteiger partial charge on any atom is -0.775 e. The average molecular weight is 269 g/mol. The standard InChI is InChI=1S/C13H20NO3P/c15-18(16,17)11-14-8-6-13(7-9-14)10-12-4-2-1-3-5-12/h1-5,13H,6-11H2,(H2,15,16,17). The molecule has 2 rings (SSSR count). The molecule has 0 aromatic heterocycles. The first kappa shape index (κ1) is 13.8. The van der Waals surface area contributed by atoms with Crippen LogP contribution in [0.15, 0.2) is 30.3 Å². The Balaban J connectivity index is 1.79. The van der Waals surface area contributed by atoms with Crippen LogP contribution in [0.1, 0.15) is 18.4 Å². The molecule has 0 bridgehead atoms. The van der Waals surface area contributed by atoms with Crippen molar-refractivity contribution >= 4 is 7.60 Å². The van der Waals surface area contributed by atoms with Crippen LogP contribution in [-0.4, -0.2) is 24.3 Å². The van der Waals surface area contributed by atoms with Crippen molar-refractivity contribution < 1.29 is 19.3 Å². The van der Waals surface area contributed by atoms with Crippen LogP contribution in [0.2, 0.25) is 0 Å². The number of likely N-dealkylation sites (tertiary alicyclic amines) is 1. The van der Waals surface area contributed by atoms with Crippen LogP contribution in [0.25, 0.3) is 0 Å². The summed E-state index contributed by atoms with van der Waals surface area (Å²) in [5.74, 6) is 0.640. The number of benzene rings is 1. The predicted molar refractivity (Wildman–Crippen MR) is 68.3 cm³/mol. The highest BCUT2D eigenvalue weighted by Crippen LogP contribution is 2.25. The molecule has 18 heavy (non-hydrogen) atoms. The molecule has 0 spiro atoms. The lowest BCUT2D eigenvalue weighted by atomic mass is 9.90. The summed E-state index contributed by atoms with van der Waals surface area (Å²) in [5, 5.41) is 0. The molecule has 0 saturated carbocycles. The van der Waals surface area contributed by atoms with Gasteiger partial charge in [-0.15, -0.1) is 0 Å². The van der Waals surface area contributed by atoms with E-state index in [2.05, 4.69) is 24.3 Å². The van der Waals surface area contributed by atoms with Crippen LogP contribution in [0.4, 0.5) is 0 Å². The van der Waals surface area contributed by atoms with Gasteiger partial charge in [0.2, 0.25) is 0 Å². The van der Waals surface area contributed by atoms with Crippen molar-refractivity contribution in [2.24, 2.45) is 5.92 Å². The Hall–Kier alpha value is -0.670. The highest BCUT2D eigenvalue weighted by atomic mass is 31.2. The van der Waals surface area contributed by atoms with Gasteiger partial charge in [0, 0.05) is 0 Å². The molecule has 100 valence electrons. The van der Waals surface area contributed by atoms with Crippen molar-refractivity contribution in [3.05, 3.63) is 35.9 Å². The minimum atomic E-state index is -4.11. The van der Waals surface area contributed by atoms with E-state index in [1.807, 2.05) is 6.07 Å². The fourth-order valence-electron chi connectivity index (χ4n) is 2.68. The van der Waals surface area contributed by atoms with Gasteiger partial charge >= 0.3 is 0 Å². The number of quaternary nitrogens is 1. The molecular weight excluding hydrogens is 249 g/mol. The smallest absolute Gasteiger partial charge is 0.187 e. The summed E-state index contributed by atoms with van der Waals surface area (Å²) >= 11 is 0. The van der Waals surface area contributed by atoms with E-state index >= 15 is 0 Å². The zero-order valence-corrected chi connectivity index (χ0v) is 11.3. The second kappa shape index (κ2) is 5.98. The number of hydrogen-bond acceptors (Lipinski definition) is 2. The molecule has 1 saturated heterocycles. The van der Waals surface area contributed by atoms with Crippen LogP contribution in [0.5, 0.6) is 0 Å². The lowest BCUT2D eigenvalue weighted by Crippen LogP contribution is -3.13. The fourth-order valence-corrected chi connectivity index (χ4v) is 3.56. The van der Waals surface area contributed by atoms with Gasteiger partial charge in [-0.1, -0.05) is 30.3 Å². The molecule has 0 aliphatic carbocycles. The van der Waals surface area contributed by atoms with Gasteiger partial charge in [-0.25, -0.2) is 0 Å². The molecule has 0 amide bonds. The summed E-state index contributed by atoms with van der Waals surface area (Å²) in [6.45, 7) is 1.68. The van der Waals surface area contributed by atoms with E-state index in [4.69, 9.17) is 4.89 Å². The van der Waals surface area contributed by atoms with Crippen molar-refractivity contribution in [3.8, 4) is 0 Å². The van der Waals surface area contributed by atoms with Crippen LogP contribution in [0, 0.1) is 5.92 Å². The Kier molecular flexibility index (Phi) is 4.57. The normalized spacial score (nSPS) is 27.7. The lowest BCUT2D eigenvalue weighted by molar-refractivity contribution is -0.896. The SMILES string of the molecule is O=P([O-])(O)C[NH+]1CCC(Cc2ccccc2)CC1. The van der Waals surface area contributed by atoms with Crippen LogP contribution in [0.3, 0.4) is 0 Å². The number of hydrogen-bond donors (Lipinski definition) is 2. The van der Waals surface area contributed by atoms with E-state index in [9.17, 15) is 9.46 Å². The lowest BCUT2D eigenvalue weighted by Gasteiger charge is -2.31. The van der Waals surface area contributed by atoms with Gasteiger partial charge in [0.1, 0.15) is 6.29 Å². The van der Waals surface area contributed by atoms with E-state index in [0.29, 0.717) is 5.92 Å². The molecule has 1 atom stereocenters. The molecule has 1 aromatic carbocycles. The van der Waals surface area contributed by atoms with E-state index in [1.165, 1.54) is 5.56 Å². The van der Waals surface area contributed by atoms with Crippen molar-refractivity contribution in [3.63, 3.8) is 0 Å². The van der Waals surface area contributed by atoms with E-state index in [-0.39, 0.29) is 6.29 Å². The van der Waals surface area contributed by atoms with Gasteiger partial charge in [0.15, 0.2) is 7.60 Å². The third kappa shape index (κ3) is 4.54. The Morgan fingerprint density at radius 1 is 1.28 bits per heavy atom. The Labute approximate surface area is 108 Å². The van der Waals surface area contributed by atoms with Crippen LogP contribution < -0.4 is 9.79 Å².